The number of halogens is 1. The van der Waals surface area contributed by atoms with E-state index in [1.807, 2.05) is 24.3 Å². The van der Waals surface area contributed by atoms with E-state index in [2.05, 4.69) is 30.9 Å². The summed E-state index contributed by atoms with van der Waals surface area (Å²) in [6.07, 6.45) is 0. The zero-order valence-corrected chi connectivity index (χ0v) is 18.5. The highest BCUT2D eigenvalue weighted by Crippen LogP contribution is 2.25. The zero-order chi connectivity index (χ0) is 21.2. The molecule has 0 aliphatic rings. The molecule has 0 spiro atoms. The van der Waals surface area contributed by atoms with Gasteiger partial charge in [0, 0.05) is 17.6 Å². The van der Waals surface area contributed by atoms with Crippen LogP contribution in [-0.4, -0.2) is 29.9 Å². The Morgan fingerprint density at radius 1 is 1.03 bits per heavy atom. The van der Waals surface area contributed by atoms with E-state index < -0.39 is 10.0 Å². The maximum absolute atomic E-state index is 12.6. The summed E-state index contributed by atoms with van der Waals surface area (Å²) in [5, 5.41) is 4.55. The van der Waals surface area contributed by atoms with Crippen LogP contribution in [0.25, 0.3) is 11.4 Å². The minimum atomic E-state index is -3.54. The van der Waals surface area contributed by atoms with E-state index in [-0.39, 0.29) is 23.6 Å². The summed E-state index contributed by atoms with van der Waals surface area (Å²) in [4.78, 5) is 4.34. The first kappa shape index (κ1) is 21.5. The Balaban J connectivity index is 1.69. The lowest BCUT2D eigenvalue weighted by Crippen LogP contribution is -2.27. The SMILES string of the molecule is CN(Cc1nc(-c2ccc(C(C)(C)C)cc2)no1)S(=O)(=O)Cc1ccc(Cl)cc1. The lowest BCUT2D eigenvalue weighted by atomic mass is 9.87. The summed E-state index contributed by atoms with van der Waals surface area (Å²) in [6, 6.07) is 14.7. The van der Waals surface area contributed by atoms with Crippen LogP contribution in [0.2, 0.25) is 5.02 Å². The van der Waals surface area contributed by atoms with E-state index in [1.54, 1.807) is 24.3 Å². The van der Waals surface area contributed by atoms with E-state index in [0.717, 1.165) is 5.56 Å². The van der Waals surface area contributed by atoms with E-state index in [0.29, 0.717) is 16.4 Å². The molecule has 2 aromatic carbocycles. The smallest absolute Gasteiger partial charge is 0.242 e. The number of rotatable bonds is 6. The van der Waals surface area contributed by atoms with Gasteiger partial charge in [-0.1, -0.05) is 73.9 Å². The van der Waals surface area contributed by atoms with Crippen LogP contribution in [0.3, 0.4) is 0 Å². The van der Waals surface area contributed by atoms with E-state index in [4.69, 9.17) is 16.1 Å². The molecule has 0 aliphatic heterocycles. The summed E-state index contributed by atoms with van der Waals surface area (Å²) in [5.74, 6) is 0.543. The summed E-state index contributed by atoms with van der Waals surface area (Å²) in [6.45, 7) is 6.45. The predicted octanol–water partition coefficient (Wildman–Crippen LogP) is 4.65. The third-order valence-electron chi connectivity index (χ3n) is 4.57. The minimum absolute atomic E-state index is 0.00297. The molecule has 0 fully saturated rings. The van der Waals surface area contributed by atoms with Crippen LogP contribution < -0.4 is 0 Å². The van der Waals surface area contributed by atoms with Crippen molar-refractivity contribution in [2.75, 3.05) is 7.05 Å². The van der Waals surface area contributed by atoms with Crippen molar-refractivity contribution in [3.63, 3.8) is 0 Å². The molecule has 154 valence electrons. The van der Waals surface area contributed by atoms with Crippen LogP contribution in [0.15, 0.2) is 53.1 Å². The number of aromatic nitrogens is 2. The van der Waals surface area contributed by atoms with Gasteiger partial charge in [-0.15, -0.1) is 0 Å². The molecule has 6 nitrogen and oxygen atoms in total. The monoisotopic (exact) mass is 433 g/mol. The third kappa shape index (κ3) is 5.44. The van der Waals surface area contributed by atoms with Crippen molar-refractivity contribution in [3.8, 4) is 11.4 Å². The first-order valence-electron chi connectivity index (χ1n) is 9.16. The second kappa shape index (κ2) is 8.26. The van der Waals surface area contributed by atoms with Gasteiger partial charge in [-0.2, -0.15) is 9.29 Å². The highest BCUT2D eigenvalue weighted by Gasteiger charge is 2.22. The molecule has 0 bridgehead atoms. The van der Waals surface area contributed by atoms with Crippen molar-refractivity contribution in [1.29, 1.82) is 0 Å². The average molecular weight is 434 g/mol. The van der Waals surface area contributed by atoms with Crippen LogP contribution in [-0.2, 0) is 27.7 Å². The molecule has 0 amide bonds. The molecule has 0 unspecified atom stereocenters. The van der Waals surface area contributed by atoms with Crippen molar-refractivity contribution >= 4 is 21.6 Å². The normalized spacial score (nSPS) is 12.5. The van der Waals surface area contributed by atoms with Crippen molar-refractivity contribution < 1.29 is 12.9 Å². The molecule has 1 heterocycles. The maximum Gasteiger partial charge on any atom is 0.242 e. The van der Waals surface area contributed by atoms with Gasteiger partial charge in [0.2, 0.25) is 21.7 Å². The van der Waals surface area contributed by atoms with E-state index in [9.17, 15) is 8.42 Å². The first-order valence-corrected chi connectivity index (χ1v) is 11.2. The van der Waals surface area contributed by atoms with Crippen LogP contribution >= 0.6 is 11.6 Å². The third-order valence-corrected chi connectivity index (χ3v) is 6.60. The Morgan fingerprint density at radius 2 is 1.66 bits per heavy atom. The highest BCUT2D eigenvalue weighted by atomic mass is 35.5. The van der Waals surface area contributed by atoms with Gasteiger partial charge in [-0.25, -0.2) is 8.42 Å². The van der Waals surface area contributed by atoms with Crippen LogP contribution in [0.1, 0.15) is 37.8 Å². The molecule has 0 aliphatic carbocycles. The second-order valence-electron chi connectivity index (χ2n) is 7.98. The molecule has 3 rings (SSSR count). The summed E-state index contributed by atoms with van der Waals surface area (Å²) in [5.41, 5.74) is 2.74. The lowest BCUT2D eigenvalue weighted by molar-refractivity contribution is 0.336. The largest absolute Gasteiger partial charge is 0.338 e. The van der Waals surface area contributed by atoms with Crippen LogP contribution in [0.5, 0.6) is 0 Å². The van der Waals surface area contributed by atoms with Gasteiger partial charge in [0.25, 0.3) is 0 Å². The van der Waals surface area contributed by atoms with Crippen molar-refractivity contribution in [2.24, 2.45) is 0 Å². The summed E-state index contributed by atoms with van der Waals surface area (Å²) >= 11 is 5.85. The minimum Gasteiger partial charge on any atom is -0.338 e. The quantitative estimate of drug-likeness (QED) is 0.565. The zero-order valence-electron chi connectivity index (χ0n) is 16.9. The fraction of sp³-hybridized carbons (Fsp3) is 0.333. The Bertz CT molecular complexity index is 1070. The second-order valence-corrected chi connectivity index (χ2v) is 10.5. The van der Waals surface area contributed by atoms with Gasteiger partial charge in [-0.05, 0) is 28.7 Å². The maximum atomic E-state index is 12.6. The summed E-state index contributed by atoms with van der Waals surface area (Å²) in [7, 11) is -2.05. The first-order chi connectivity index (χ1) is 13.5. The number of hydrogen-bond donors (Lipinski definition) is 0. The molecular weight excluding hydrogens is 410 g/mol. The Hall–Kier alpha value is -2.22. The predicted molar refractivity (Wildman–Crippen MR) is 114 cm³/mol. The van der Waals surface area contributed by atoms with Crippen LogP contribution in [0.4, 0.5) is 0 Å². The molecule has 8 heteroatoms. The van der Waals surface area contributed by atoms with Gasteiger partial charge in [0.05, 0.1) is 12.3 Å². The topological polar surface area (TPSA) is 76.3 Å². The number of nitrogens with zero attached hydrogens (tertiary/aromatic N) is 3. The molecule has 0 N–H and O–H groups in total. The fourth-order valence-corrected chi connectivity index (χ4v) is 4.01. The molecule has 0 saturated carbocycles. The van der Waals surface area contributed by atoms with Crippen molar-refractivity contribution in [1.82, 2.24) is 14.4 Å². The molecule has 1 aromatic heterocycles. The van der Waals surface area contributed by atoms with Gasteiger partial charge in [-0.3, -0.25) is 0 Å². The molecule has 0 radical (unpaired) electrons. The van der Waals surface area contributed by atoms with Crippen LogP contribution in [0, 0.1) is 0 Å². The molecule has 0 saturated heterocycles. The Morgan fingerprint density at radius 3 is 2.24 bits per heavy atom. The van der Waals surface area contributed by atoms with Gasteiger partial charge in [0.1, 0.15) is 0 Å². The fourth-order valence-electron chi connectivity index (χ4n) is 2.75. The van der Waals surface area contributed by atoms with Gasteiger partial charge >= 0.3 is 0 Å². The molecule has 29 heavy (non-hydrogen) atoms. The number of hydrogen-bond acceptors (Lipinski definition) is 5. The lowest BCUT2D eigenvalue weighted by Gasteiger charge is -2.18. The standard InChI is InChI=1S/C21H24ClN3O3S/c1-21(2,3)17-9-7-16(8-10-17)20-23-19(28-24-20)13-25(4)29(26,27)14-15-5-11-18(22)12-6-15/h5-12H,13-14H2,1-4H3. The average Bonchev–Trinajstić information content (AvgIpc) is 3.11. The number of sulfonamides is 1. The van der Waals surface area contributed by atoms with Gasteiger partial charge < -0.3 is 4.52 Å². The van der Waals surface area contributed by atoms with E-state index in [1.165, 1.54) is 16.9 Å². The number of benzene rings is 2. The Labute approximate surface area is 176 Å². The molecule has 0 atom stereocenters. The highest BCUT2D eigenvalue weighted by molar-refractivity contribution is 7.88. The molecule has 3 aromatic rings. The van der Waals surface area contributed by atoms with Crippen molar-refractivity contribution in [3.05, 3.63) is 70.6 Å². The summed E-state index contributed by atoms with van der Waals surface area (Å²) < 4.78 is 31.7. The molecular formula is C21H24ClN3O3S. The Kier molecular flexibility index (Phi) is 6.12. The van der Waals surface area contributed by atoms with Gasteiger partial charge in [0.15, 0.2) is 0 Å². The van der Waals surface area contributed by atoms with E-state index >= 15 is 0 Å². The van der Waals surface area contributed by atoms with Crippen molar-refractivity contribution in [2.45, 2.75) is 38.5 Å².